The Morgan fingerprint density at radius 1 is 0.319 bits per heavy atom. The summed E-state index contributed by atoms with van der Waals surface area (Å²) in [6.45, 7) is 65.7. The van der Waals surface area contributed by atoms with Gasteiger partial charge in [-0.25, -0.2) is 0 Å². The van der Waals surface area contributed by atoms with Gasteiger partial charge in [0.1, 0.15) is 28.0 Å². The number of carbonyl (C=O) groups is 7. The van der Waals surface area contributed by atoms with E-state index in [0.29, 0.717) is 29.3 Å². The number of fused-ring (bicyclic) bond motifs is 14. The van der Waals surface area contributed by atoms with E-state index in [4.69, 9.17) is 42.6 Å². The second-order valence-electron chi connectivity index (χ2n) is 52.9. The molecule has 0 aromatic heterocycles. The van der Waals surface area contributed by atoms with E-state index < -0.39 is 23.4 Å². The van der Waals surface area contributed by atoms with Gasteiger partial charge in [-0.15, -0.1) is 0 Å². The van der Waals surface area contributed by atoms with E-state index >= 15 is 0 Å². The monoisotopic (exact) mass is 2050 g/mol. The quantitative estimate of drug-likeness (QED) is 0.0342. The summed E-state index contributed by atoms with van der Waals surface area (Å²) in [7, 11) is 0. The molecule has 16 heteroatoms. The molecule has 0 aromatic carbocycles. The van der Waals surface area contributed by atoms with Crippen LogP contribution in [0.25, 0.3) is 0 Å². The summed E-state index contributed by atoms with van der Waals surface area (Å²) in [6, 6.07) is 0. The van der Waals surface area contributed by atoms with Crippen LogP contribution in [0.4, 0.5) is 0 Å². The van der Waals surface area contributed by atoms with Gasteiger partial charge in [0.05, 0.1) is 49.6 Å². The van der Waals surface area contributed by atoms with E-state index in [1.807, 2.05) is 152 Å². The molecule has 0 N–H and O–H groups in total. The van der Waals surface area contributed by atoms with Gasteiger partial charge in [-0.2, -0.15) is 0 Å². The third kappa shape index (κ3) is 33.6. The summed E-state index contributed by atoms with van der Waals surface area (Å²) < 4.78 is 53.0. The van der Waals surface area contributed by atoms with Gasteiger partial charge in [0.25, 0.3) is 0 Å². The lowest BCUT2D eigenvalue weighted by Gasteiger charge is -2.56. The fourth-order valence-corrected chi connectivity index (χ4v) is 28.4. The van der Waals surface area contributed by atoms with Crippen molar-refractivity contribution in [1.29, 1.82) is 0 Å². The van der Waals surface area contributed by atoms with Crippen LogP contribution in [0.2, 0.25) is 0 Å². The maximum absolute atomic E-state index is 12.7. The minimum absolute atomic E-state index is 0. The van der Waals surface area contributed by atoms with Crippen molar-refractivity contribution in [2.24, 2.45) is 149 Å². The Balaban J connectivity index is -0.000000517. The van der Waals surface area contributed by atoms with Crippen molar-refractivity contribution in [3.05, 3.63) is 0 Å². The number of rotatable bonds is 26. The molecule has 16 nitrogen and oxygen atoms in total. The fourth-order valence-electron chi connectivity index (χ4n) is 28.4. The first-order chi connectivity index (χ1) is 60.1. The molecule has 860 valence electrons. The lowest BCUT2D eigenvalue weighted by molar-refractivity contribution is -0.248. The van der Waals surface area contributed by atoms with E-state index in [0.717, 1.165) is 166 Å². The average molecular weight is 2050 g/mol. The molecular formula is C128H252O16. The van der Waals surface area contributed by atoms with Gasteiger partial charge < -0.3 is 42.6 Å². The Labute approximate surface area is 896 Å². The topological polar surface area (TPSA) is 203 Å². The van der Waals surface area contributed by atoms with Crippen LogP contribution in [0.1, 0.15) is 582 Å². The molecule has 0 aliphatic heterocycles. The second kappa shape index (κ2) is 56.9. The van der Waals surface area contributed by atoms with Crippen molar-refractivity contribution in [2.75, 3.05) is 0 Å². The highest BCUT2D eigenvalue weighted by Crippen LogP contribution is 2.74. The minimum Gasteiger partial charge on any atom is -0.459 e. The first-order valence-electron chi connectivity index (χ1n) is 54.1. The summed E-state index contributed by atoms with van der Waals surface area (Å²) in [4.78, 5) is 85.3. The van der Waals surface area contributed by atoms with E-state index in [9.17, 15) is 33.6 Å². The Kier molecular flexibility index (Phi) is 58.7. The Morgan fingerprint density at radius 2 is 0.701 bits per heavy atom. The van der Waals surface area contributed by atoms with E-state index in [-0.39, 0.29) is 212 Å². The van der Waals surface area contributed by atoms with E-state index in [1.165, 1.54) is 173 Å². The highest BCUT2D eigenvalue weighted by atomic mass is 16.7. The van der Waals surface area contributed by atoms with Gasteiger partial charge in [0.2, 0.25) is 6.29 Å². The number of carbonyl (C=O) groups excluding carboxylic acids is 7. The summed E-state index contributed by atoms with van der Waals surface area (Å²) >= 11 is 0. The summed E-state index contributed by atoms with van der Waals surface area (Å²) in [5, 5.41) is 0. The fraction of sp³-hybridized carbons (Fsp3) is 0.945. The predicted molar refractivity (Wildman–Crippen MR) is 614 cm³/mol. The van der Waals surface area contributed by atoms with Crippen LogP contribution in [0, 0.1) is 149 Å². The lowest BCUT2D eigenvalue weighted by atomic mass is 9.54. The smallest absolute Gasteiger partial charge is 0.313 e. The van der Waals surface area contributed by atoms with Gasteiger partial charge >= 0.3 is 41.8 Å². The molecule has 17 aliphatic carbocycles. The van der Waals surface area contributed by atoms with E-state index in [2.05, 4.69) is 69.2 Å². The maximum atomic E-state index is 12.7. The zero-order chi connectivity index (χ0) is 96.7. The average Bonchev–Trinajstić information content (AvgIpc) is 1.53. The Bertz CT molecular complexity index is 3770. The zero-order valence-electron chi connectivity index (χ0n) is 89.4. The molecular weight excluding hydrogens is 1790 g/mol. The molecule has 0 radical (unpaired) electrons. The Morgan fingerprint density at radius 3 is 1.10 bits per heavy atom. The van der Waals surface area contributed by atoms with Gasteiger partial charge in [-0.1, -0.05) is 186 Å². The molecule has 17 saturated carbocycles. The van der Waals surface area contributed by atoms with Crippen LogP contribution in [0.3, 0.4) is 0 Å². The standard InChI is InChI=1S/C21H36O2.C20H32O3.C18H30O3.C16H28O2.C14H24O2.C13H24O2.C12H22O2.14CH4/c1-8-18(3,4)17(22)23-20(7)11-12-21-13-16(20)19(5,6)15(21)10-9-14(21)2;1-5-20(3,4)19(21)23-11(2)22-16-10-14-9-15(16)18-13-7-6-12(8-13)17(14)18;1-5-17(3,4)16(19)20-12(2)21-18-9-13-6-14(10-18)8-15(7-13)11-18;1-6-15(2,3)14(17)18-16(4,5)13-10-11-7-8-12(13)9-11;1-5-13(2,3)12(15)16-14(4)9-10-6-7-11(14)8-10;1-5-12(2,3)11(14)15-13(4)9-7-6-8-10-13;1-5-11(2,3)10(13)14-12(4)8-6-7-9-12;;;;;;;;;;;;;;/h14-16H,8-13H2,1-7H3;11-18H,5-10H2,1-4H3;12-15H,5-11H2,1-4H3;11-13H,6-10H2,1-5H3;10-11H,5-9H2,1-4H3;5-10H2,1-4H3;5-9H2,1-4H3;14*1H4/t;;;;10-,11+,14+;;;;;;;;;;;;;;;;/m....0................/s1. The Hall–Kier alpha value is -3.79. The molecule has 14 bridgehead atoms. The molecule has 17 unspecified atom stereocenters. The molecule has 0 amide bonds. The first-order valence-corrected chi connectivity index (χ1v) is 54.1. The molecule has 20 atom stereocenters. The largest absolute Gasteiger partial charge is 0.459 e. The van der Waals surface area contributed by atoms with Gasteiger partial charge in [-0.3, -0.25) is 33.6 Å². The minimum atomic E-state index is -0.418. The van der Waals surface area contributed by atoms with Gasteiger partial charge in [-0.05, 0) is 496 Å². The molecule has 0 heterocycles. The normalized spacial score (nSPS) is 32.5. The van der Waals surface area contributed by atoms with Crippen LogP contribution in [0.5, 0.6) is 0 Å². The van der Waals surface area contributed by atoms with Crippen molar-refractivity contribution in [3.8, 4) is 0 Å². The SMILES string of the molecule is C.C.C.C.C.C.C.C.C.C.C.C.C.C.CCC(C)(C)C(=O)OC(C)(C)C1CC2CCC1C2.CCC(C)(C)C(=O)OC(C)OC12CC3CC(CC(C3)C1)C2.CCC(C)(C)C(=O)OC(C)OC1CC2CC1C1C3CCC(C3)C21.CCC(C)(C)C(=O)OC1(C)CCC23CC1C(C)(C)C2CCC3C.CCC(C)(C)C(=O)OC1(C)CCCC1.CCC(C)(C)C(=O)OC1(C)CCCCC1.CCC(C)(C)C(=O)O[C@]1(C)C[C@H]2CC[C@@H]1C2. The van der Waals surface area contributed by atoms with Crippen LogP contribution in [0.15, 0.2) is 0 Å². The van der Waals surface area contributed by atoms with Crippen molar-refractivity contribution in [1.82, 2.24) is 0 Å². The van der Waals surface area contributed by atoms with Crippen molar-refractivity contribution in [3.63, 3.8) is 0 Å². The summed E-state index contributed by atoms with van der Waals surface area (Å²) in [6.07, 6.45) is 46.8. The number of esters is 7. The summed E-state index contributed by atoms with van der Waals surface area (Å²) in [5.41, 5.74) is -2.82. The van der Waals surface area contributed by atoms with Crippen LogP contribution < -0.4 is 0 Å². The molecule has 1 spiro atoms. The number of hydrogen-bond donors (Lipinski definition) is 0. The zero-order valence-corrected chi connectivity index (χ0v) is 89.4. The van der Waals surface area contributed by atoms with Crippen molar-refractivity contribution < 1.29 is 76.2 Å². The number of hydrogen-bond acceptors (Lipinski definition) is 16. The molecule has 17 fully saturated rings. The first kappa shape index (κ1) is 149. The van der Waals surface area contributed by atoms with Crippen molar-refractivity contribution in [2.45, 2.75) is 635 Å². The lowest BCUT2D eigenvalue weighted by Crippen LogP contribution is -2.53. The van der Waals surface area contributed by atoms with Gasteiger partial charge in [0.15, 0.2) is 6.29 Å². The summed E-state index contributed by atoms with van der Waals surface area (Å²) in [5.74, 6) is 13.6. The highest BCUT2D eigenvalue weighted by molar-refractivity contribution is 5.79. The molecule has 17 rings (SSSR count). The van der Waals surface area contributed by atoms with E-state index in [1.54, 1.807) is 0 Å². The predicted octanol–water partition coefficient (Wildman–Crippen LogP) is 37.9. The van der Waals surface area contributed by atoms with Crippen LogP contribution in [-0.2, 0) is 76.2 Å². The van der Waals surface area contributed by atoms with Crippen molar-refractivity contribution >= 4 is 41.8 Å². The molecule has 0 aromatic rings. The maximum Gasteiger partial charge on any atom is 0.313 e. The third-order valence-corrected chi connectivity index (χ3v) is 39.8. The van der Waals surface area contributed by atoms with Crippen LogP contribution in [-0.4, -0.2) is 94.1 Å². The van der Waals surface area contributed by atoms with Gasteiger partial charge in [0, 0.05) is 11.8 Å². The third-order valence-electron chi connectivity index (χ3n) is 39.8. The molecule has 0 saturated heterocycles. The molecule has 17 aliphatic rings. The molecule has 144 heavy (non-hydrogen) atoms. The van der Waals surface area contributed by atoms with Crippen LogP contribution >= 0.6 is 0 Å². The number of ether oxygens (including phenoxy) is 9. The second-order valence-corrected chi connectivity index (χ2v) is 52.9. The highest BCUT2D eigenvalue weighted by Gasteiger charge is 2.70.